The molecule has 1 aromatic rings. The summed E-state index contributed by atoms with van der Waals surface area (Å²) in [6.45, 7) is 0. The Hall–Kier alpha value is -1.08. The van der Waals surface area contributed by atoms with Crippen molar-refractivity contribution in [2.45, 2.75) is 57.5 Å². The Bertz CT molecular complexity index is 630. The second-order valence-corrected chi connectivity index (χ2v) is 8.39. The molecule has 1 N–H and O–H groups in total. The van der Waals surface area contributed by atoms with Gasteiger partial charge in [-0.2, -0.15) is 21.6 Å². The van der Waals surface area contributed by atoms with Crippen molar-refractivity contribution in [3.63, 3.8) is 0 Å². The molecule has 0 bridgehead atoms. The third-order valence-electron chi connectivity index (χ3n) is 4.88. The summed E-state index contributed by atoms with van der Waals surface area (Å²) in [7, 11) is -3.92. The third-order valence-corrected chi connectivity index (χ3v) is 5.69. The standard InChI is InChI=1S/C17H23F3O3S/c18-17(19,20)15-7-5-14(6-8-15)13-16(9-1-2-10-16)11-3-4-12-24(21,22)23/h5-8H,1-4,9-13H2,(H,21,22,23). The first-order valence-corrected chi connectivity index (χ1v) is 9.82. The number of alkyl halides is 3. The molecule has 0 aliphatic heterocycles. The Kier molecular flexibility index (Phi) is 5.96. The highest BCUT2D eigenvalue weighted by Crippen LogP contribution is 2.45. The smallest absolute Gasteiger partial charge is 0.286 e. The Balaban J connectivity index is 1.97. The van der Waals surface area contributed by atoms with E-state index in [4.69, 9.17) is 4.55 Å². The minimum absolute atomic E-state index is 0.0406. The number of hydrogen-bond acceptors (Lipinski definition) is 2. The van der Waals surface area contributed by atoms with Gasteiger partial charge in [0, 0.05) is 0 Å². The van der Waals surface area contributed by atoms with Crippen LogP contribution in [0, 0.1) is 5.41 Å². The van der Waals surface area contributed by atoms with Crippen LogP contribution in [0.5, 0.6) is 0 Å². The highest BCUT2D eigenvalue weighted by Gasteiger charge is 2.34. The van der Waals surface area contributed by atoms with Crippen LogP contribution < -0.4 is 0 Å². The number of benzene rings is 1. The lowest BCUT2D eigenvalue weighted by molar-refractivity contribution is -0.137. The van der Waals surface area contributed by atoms with Gasteiger partial charge in [0.1, 0.15) is 0 Å². The quantitative estimate of drug-likeness (QED) is 0.555. The van der Waals surface area contributed by atoms with Crippen LogP contribution in [0.1, 0.15) is 56.1 Å². The molecule has 136 valence electrons. The van der Waals surface area contributed by atoms with Gasteiger partial charge in [0.2, 0.25) is 0 Å². The van der Waals surface area contributed by atoms with Crippen LogP contribution in [0.15, 0.2) is 24.3 Å². The normalized spacial score (nSPS) is 18.0. The van der Waals surface area contributed by atoms with Crippen molar-refractivity contribution in [1.29, 1.82) is 0 Å². The SMILES string of the molecule is O=S(=O)(O)CCCCC1(Cc2ccc(C(F)(F)F)cc2)CCCC1. The highest BCUT2D eigenvalue weighted by molar-refractivity contribution is 7.85. The van der Waals surface area contributed by atoms with Gasteiger partial charge in [-0.25, -0.2) is 0 Å². The monoisotopic (exact) mass is 364 g/mol. The van der Waals surface area contributed by atoms with Gasteiger partial charge in [0.25, 0.3) is 10.1 Å². The first-order valence-electron chi connectivity index (χ1n) is 8.21. The molecule has 0 aromatic heterocycles. The van der Waals surface area contributed by atoms with E-state index in [0.29, 0.717) is 12.8 Å². The van der Waals surface area contributed by atoms with Crippen LogP contribution in [0.25, 0.3) is 0 Å². The molecule has 2 rings (SSSR count). The molecule has 1 aliphatic rings. The van der Waals surface area contributed by atoms with Gasteiger partial charge in [0.15, 0.2) is 0 Å². The lowest BCUT2D eigenvalue weighted by Crippen LogP contribution is -2.20. The molecular formula is C17H23F3O3S. The largest absolute Gasteiger partial charge is 0.416 e. The molecular weight excluding hydrogens is 341 g/mol. The van der Waals surface area contributed by atoms with Crippen LogP contribution in [0.2, 0.25) is 0 Å². The summed E-state index contributed by atoms with van der Waals surface area (Å²) in [5, 5.41) is 0. The van der Waals surface area contributed by atoms with E-state index in [9.17, 15) is 21.6 Å². The molecule has 1 saturated carbocycles. The molecule has 0 radical (unpaired) electrons. The van der Waals surface area contributed by atoms with E-state index < -0.39 is 21.9 Å². The summed E-state index contributed by atoms with van der Waals surface area (Å²) >= 11 is 0. The predicted octanol–water partition coefficient (Wildman–Crippen LogP) is 4.87. The molecule has 1 fully saturated rings. The lowest BCUT2D eigenvalue weighted by Gasteiger charge is -2.29. The van der Waals surface area contributed by atoms with Crippen molar-refractivity contribution >= 4 is 10.1 Å². The maximum atomic E-state index is 12.6. The van der Waals surface area contributed by atoms with Crippen molar-refractivity contribution in [2.75, 3.05) is 5.75 Å². The van der Waals surface area contributed by atoms with Gasteiger partial charge < -0.3 is 0 Å². The molecule has 1 aliphatic carbocycles. The van der Waals surface area contributed by atoms with Crippen molar-refractivity contribution in [2.24, 2.45) is 5.41 Å². The molecule has 0 spiro atoms. The predicted molar refractivity (Wildman–Crippen MR) is 86.3 cm³/mol. The Morgan fingerprint density at radius 2 is 1.62 bits per heavy atom. The van der Waals surface area contributed by atoms with Gasteiger partial charge in [-0.05, 0) is 55.2 Å². The minimum atomic E-state index is -4.32. The lowest BCUT2D eigenvalue weighted by atomic mass is 9.76. The minimum Gasteiger partial charge on any atom is -0.286 e. The maximum Gasteiger partial charge on any atom is 0.416 e. The van der Waals surface area contributed by atoms with Crippen molar-refractivity contribution in [3.05, 3.63) is 35.4 Å². The van der Waals surface area contributed by atoms with E-state index in [-0.39, 0.29) is 11.2 Å². The molecule has 7 heteroatoms. The first kappa shape index (κ1) is 19.2. The summed E-state index contributed by atoms with van der Waals surface area (Å²) < 4.78 is 68.2. The van der Waals surface area contributed by atoms with Crippen LogP contribution in [0.4, 0.5) is 13.2 Å². The van der Waals surface area contributed by atoms with Gasteiger partial charge in [-0.15, -0.1) is 0 Å². The van der Waals surface area contributed by atoms with Gasteiger partial charge in [0.05, 0.1) is 11.3 Å². The average molecular weight is 364 g/mol. The van der Waals surface area contributed by atoms with Crippen LogP contribution in [-0.4, -0.2) is 18.7 Å². The van der Waals surface area contributed by atoms with Gasteiger partial charge >= 0.3 is 6.18 Å². The van der Waals surface area contributed by atoms with Crippen molar-refractivity contribution < 1.29 is 26.1 Å². The fourth-order valence-corrected chi connectivity index (χ4v) is 4.24. The Morgan fingerprint density at radius 1 is 1.04 bits per heavy atom. The maximum absolute atomic E-state index is 12.6. The summed E-state index contributed by atoms with van der Waals surface area (Å²) in [5.41, 5.74) is 0.290. The molecule has 0 atom stereocenters. The van der Waals surface area contributed by atoms with Crippen molar-refractivity contribution in [3.8, 4) is 0 Å². The molecule has 0 heterocycles. The number of rotatable bonds is 7. The first-order chi connectivity index (χ1) is 11.1. The molecule has 1 aromatic carbocycles. The molecule has 3 nitrogen and oxygen atoms in total. The number of hydrogen-bond donors (Lipinski definition) is 1. The second kappa shape index (κ2) is 7.44. The topological polar surface area (TPSA) is 54.4 Å². The third kappa shape index (κ3) is 5.77. The Labute approximate surface area is 141 Å². The van der Waals surface area contributed by atoms with Crippen LogP contribution >= 0.6 is 0 Å². The second-order valence-electron chi connectivity index (χ2n) is 6.82. The van der Waals surface area contributed by atoms with E-state index in [1.54, 1.807) is 12.1 Å². The van der Waals surface area contributed by atoms with E-state index >= 15 is 0 Å². The zero-order valence-electron chi connectivity index (χ0n) is 13.5. The molecule has 0 amide bonds. The van der Waals surface area contributed by atoms with E-state index in [0.717, 1.165) is 56.2 Å². The fourth-order valence-electron chi connectivity index (χ4n) is 3.67. The Morgan fingerprint density at radius 3 is 2.12 bits per heavy atom. The molecule has 24 heavy (non-hydrogen) atoms. The zero-order valence-corrected chi connectivity index (χ0v) is 14.3. The summed E-state index contributed by atoms with van der Waals surface area (Å²) in [4.78, 5) is 0. The van der Waals surface area contributed by atoms with Gasteiger partial charge in [-0.3, -0.25) is 4.55 Å². The zero-order chi connectivity index (χ0) is 17.8. The number of halogens is 3. The molecule has 0 unspecified atom stereocenters. The van der Waals surface area contributed by atoms with Crippen LogP contribution in [0.3, 0.4) is 0 Å². The van der Waals surface area contributed by atoms with Crippen molar-refractivity contribution in [1.82, 2.24) is 0 Å². The van der Waals surface area contributed by atoms with Crippen LogP contribution in [-0.2, 0) is 22.7 Å². The summed E-state index contributed by atoms with van der Waals surface area (Å²) in [5.74, 6) is -0.233. The summed E-state index contributed by atoms with van der Waals surface area (Å²) in [6.07, 6.45) is 2.56. The summed E-state index contributed by atoms with van der Waals surface area (Å²) in [6, 6.07) is 5.33. The fraction of sp³-hybridized carbons (Fsp3) is 0.647. The van der Waals surface area contributed by atoms with E-state index in [1.807, 2.05) is 0 Å². The van der Waals surface area contributed by atoms with E-state index in [1.165, 1.54) is 0 Å². The average Bonchev–Trinajstić information content (AvgIpc) is 2.91. The number of unbranched alkanes of at least 4 members (excludes halogenated alkanes) is 1. The molecule has 0 saturated heterocycles. The van der Waals surface area contributed by atoms with E-state index in [2.05, 4.69) is 0 Å². The highest BCUT2D eigenvalue weighted by atomic mass is 32.2. The van der Waals surface area contributed by atoms with Gasteiger partial charge in [-0.1, -0.05) is 31.4 Å².